The summed E-state index contributed by atoms with van der Waals surface area (Å²) >= 11 is 0. The monoisotopic (exact) mass is 461 g/mol. The molecule has 180 valence electrons. The van der Waals surface area contributed by atoms with E-state index in [-0.39, 0.29) is 25.8 Å². The van der Waals surface area contributed by atoms with Crippen LogP contribution in [0.4, 0.5) is 0 Å². The van der Waals surface area contributed by atoms with Crippen LogP contribution in [0.3, 0.4) is 0 Å². The van der Waals surface area contributed by atoms with Gasteiger partial charge in [-0.15, -0.1) is 0 Å². The molecule has 1 saturated heterocycles. The molecule has 4 unspecified atom stereocenters. The first kappa shape index (κ1) is 25.8. The number of carboxylic acids is 1. The lowest BCUT2D eigenvalue weighted by Crippen LogP contribution is -2.57. The number of aliphatic carboxylic acids is 1. The molecule has 0 spiro atoms. The number of carboxylic acid groups (broad SMARTS) is 1. The number of nitrogens with zero attached hydrogens (tertiary/aromatic N) is 1. The molecule has 4 atom stereocenters. The summed E-state index contributed by atoms with van der Waals surface area (Å²) in [7, 11) is 0. The molecule has 11 nitrogen and oxygen atoms in total. The van der Waals surface area contributed by atoms with Gasteiger partial charge in [0.05, 0.1) is 6.04 Å². The van der Waals surface area contributed by atoms with Crippen molar-refractivity contribution in [1.82, 2.24) is 15.5 Å². The van der Waals surface area contributed by atoms with Crippen molar-refractivity contribution in [2.45, 2.75) is 63.2 Å². The van der Waals surface area contributed by atoms with Gasteiger partial charge in [-0.3, -0.25) is 19.2 Å². The Hall–Kier alpha value is -3.47. The van der Waals surface area contributed by atoms with E-state index in [0.717, 1.165) is 5.56 Å². The molecular weight excluding hydrogens is 430 g/mol. The van der Waals surface area contributed by atoms with Crippen LogP contribution in [0.1, 0.15) is 38.2 Å². The second kappa shape index (κ2) is 12.0. The summed E-state index contributed by atoms with van der Waals surface area (Å²) in [6.07, 6.45) is 0.742. The van der Waals surface area contributed by atoms with Crippen LogP contribution in [0, 0.1) is 0 Å². The molecule has 1 aliphatic heterocycles. The minimum absolute atomic E-state index is 0.155. The predicted octanol–water partition coefficient (Wildman–Crippen LogP) is -1.11. The Morgan fingerprint density at radius 2 is 1.79 bits per heavy atom. The van der Waals surface area contributed by atoms with Crippen molar-refractivity contribution in [3.05, 3.63) is 35.9 Å². The van der Waals surface area contributed by atoms with Gasteiger partial charge in [0.2, 0.25) is 23.6 Å². The molecule has 0 aliphatic carbocycles. The van der Waals surface area contributed by atoms with Crippen LogP contribution in [0.5, 0.6) is 0 Å². The lowest BCUT2D eigenvalue weighted by atomic mass is 10.0. The first-order valence-electron chi connectivity index (χ1n) is 10.8. The molecule has 1 aromatic rings. The van der Waals surface area contributed by atoms with Crippen molar-refractivity contribution in [2.24, 2.45) is 11.5 Å². The summed E-state index contributed by atoms with van der Waals surface area (Å²) in [5.41, 5.74) is 11.5. The first-order valence-corrected chi connectivity index (χ1v) is 10.8. The number of rotatable bonds is 11. The highest BCUT2D eigenvalue weighted by Crippen LogP contribution is 2.20. The normalized spacial score (nSPS) is 18.1. The summed E-state index contributed by atoms with van der Waals surface area (Å²) in [6, 6.07) is 5.14. The molecule has 0 radical (unpaired) electrons. The Balaban J connectivity index is 2.16. The number of carbonyl (C=O) groups is 5. The van der Waals surface area contributed by atoms with Crippen molar-refractivity contribution in [2.75, 3.05) is 6.54 Å². The molecule has 1 aromatic carbocycles. The SMILES string of the molecule is CC(N)C(=O)NC(Cc1ccccc1)C(=O)N1CCCC1C(=O)NC(CCC(N)=O)C(=O)O. The highest BCUT2D eigenvalue weighted by molar-refractivity contribution is 5.94. The predicted molar refractivity (Wildman–Crippen MR) is 118 cm³/mol. The molecule has 0 aromatic heterocycles. The fraction of sp³-hybridized carbons (Fsp3) is 0.500. The minimum atomic E-state index is -1.31. The van der Waals surface area contributed by atoms with Crippen LogP contribution < -0.4 is 22.1 Å². The van der Waals surface area contributed by atoms with Gasteiger partial charge in [0, 0.05) is 19.4 Å². The van der Waals surface area contributed by atoms with E-state index in [1.807, 2.05) is 30.3 Å². The van der Waals surface area contributed by atoms with E-state index >= 15 is 0 Å². The lowest BCUT2D eigenvalue weighted by molar-refractivity contribution is -0.145. The average Bonchev–Trinajstić information content (AvgIpc) is 3.25. The molecule has 0 bridgehead atoms. The Kier molecular flexibility index (Phi) is 9.34. The summed E-state index contributed by atoms with van der Waals surface area (Å²) in [5.74, 6) is -3.56. The topological polar surface area (TPSA) is 185 Å². The number of amides is 4. The van der Waals surface area contributed by atoms with Gasteiger partial charge in [0.25, 0.3) is 0 Å². The van der Waals surface area contributed by atoms with Crippen molar-refractivity contribution >= 4 is 29.6 Å². The molecule has 4 amide bonds. The van der Waals surface area contributed by atoms with E-state index in [0.29, 0.717) is 12.8 Å². The highest BCUT2D eigenvalue weighted by Gasteiger charge is 2.39. The molecule has 1 heterocycles. The van der Waals surface area contributed by atoms with Gasteiger partial charge >= 0.3 is 5.97 Å². The summed E-state index contributed by atoms with van der Waals surface area (Å²) < 4.78 is 0. The molecule has 1 fully saturated rings. The van der Waals surface area contributed by atoms with Gasteiger partial charge in [-0.05, 0) is 31.7 Å². The van der Waals surface area contributed by atoms with Crippen LogP contribution in [-0.2, 0) is 30.4 Å². The number of hydrogen-bond acceptors (Lipinski definition) is 6. The maximum absolute atomic E-state index is 13.4. The van der Waals surface area contributed by atoms with Gasteiger partial charge in [0.1, 0.15) is 18.1 Å². The van der Waals surface area contributed by atoms with E-state index in [2.05, 4.69) is 10.6 Å². The molecule has 2 rings (SSSR count). The maximum atomic E-state index is 13.4. The van der Waals surface area contributed by atoms with Crippen LogP contribution in [0.2, 0.25) is 0 Å². The van der Waals surface area contributed by atoms with Gasteiger partial charge in [0.15, 0.2) is 0 Å². The third kappa shape index (κ3) is 7.56. The molecule has 1 aliphatic rings. The minimum Gasteiger partial charge on any atom is -0.480 e. The van der Waals surface area contributed by atoms with Crippen molar-refractivity contribution in [3.63, 3.8) is 0 Å². The average molecular weight is 462 g/mol. The van der Waals surface area contributed by atoms with E-state index < -0.39 is 53.8 Å². The lowest BCUT2D eigenvalue weighted by Gasteiger charge is -2.30. The largest absolute Gasteiger partial charge is 0.480 e. The Labute approximate surface area is 191 Å². The third-order valence-electron chi connectivity index (χ3n) is 5.44. The molecular formula is C22H31N5O6. The Morgan fingerprint density at radius 3 is 2.36 bits per heavy atom. The second-order valence-electron chi connectivity index (χ2n) is 8.13. The van der Waals surface area contributed by atoms with E-state index in [1.54, 1.807) is 0 Å². The van der Waals surface area contributed by atoms with Gasteiger partial charge in [-0.1, -0.05) is 30.3 Å². The standard InChI is InChI=1S/C22H31N5O6/c1-13(23)19(29)26-16(12-14-6-3-2-4-7-14)21(31)27-11-5-8-17(27)20(30)25-15(22(32)33)9-10-18(24)28/h2-4,6-7,13,15-17H,5,8-12,23H2,1H3,(H2,24,28)(H,25,30)(H,26,29)(H,32,33). The summed E-state index contributed by atoms with van der Waals surface area (Å²) in [4.78, 5) is 62.3. The van der Waals surface area contributed by atoms with Crippen molar-refractivity contribution < 1.29 is 29.1 Å². The second-order valence-corrected chi connectivity index (χ2v) is 8.13. The van der Waals surface area contributed by atoms with E-state index in [9.17, 15) is 29.1 Å². The van der Waals surface area contributed by atoms with E-state index in [1.165, 1.54) is 11.8 Å². The zero-order valence-electron chi connectivity index (χ0n) is 18.5. The van der Waals surface area contributed by atoms with Crippen LogP contribution in [-0.4, -0.2) is 70.3 Å². The smallest absolute Gasteiger partial charge is 0.326 e. The number of benzene rings is 1. The van der Waals surface area contributed by atoms with Gasteiger partial charge < -0.3 is 32.1 Å². The van der Waals surface area contributed by atoms with Gasteiger partial charge in [-0.2, -0.15) is 0 Å². The number of likely N-dealkylation sites (tertiary alicyclic amines) is 1. The van der Waals surface area contributed by atoms with Crippen molar-refractivity contribution in [1.29, 1.82) is 0 Å². The maximum Gasteiger partial charge on any atom is 0.326 e. The number of nitrogens with two attached hydrogens (primary N) is 2. The molecule has 11 heteroatoms. The number of hydrogen-bond donors (Lipinski definition) is 5. The Morgan fingerprint density at radius 1 is 1.12 bits per heavy atom. The van der Waals surface area contributed by atoms with Gasteiger partial charge in [-0.25, -0.2) is 4.79 Å². The first-order chi connectivity index (χ1) is 15.6. The van der Waals surface area contributed by atoms with Crippen LogP contribution in [0.25, 0.3) is 0 Å². The van der Waals surface area contributed by atoms with Crippen LogP contribution in [0.15, 0.2) is 30.3 Å². The van der Waals surface area contributed by atoms with Crippen molar-refractivity contribution in [3.8, 4) is 0 Å². The zero-order chi connectivity index (χ0) is 24.5. The number of carbonyl (C=O) groups excluding carboxylic acids is 4. The number of primary amides is 1. The zero-order valence-corrected chi connectivity index (χ0v) is 18.5. The Bertz CT molecular complexity index is 875. The molecule has 0 saturated carbocycles. The molecule has 33 heavy (non-hydrogen) atoms. The quantitative estimate of drug-likeness (QED) is 0.276. The van der Waals surface area contributed by atoms with E-state index in [4.69, 9.17) is 11.5 Å². The fourth-order valence-corrected chi connectivity index (χ4v) is 3.67. The molecule has 7 N–H and O–H groups in total. The fourth-order valence-electron chi connectivity index (χ4n) is 3.67. The summed E-state index contributed by atoms with van der Waals surface area (Å²) in [6.45, 7) is 1.79. The van der Waals surface area contributed by atoms with Crippen LogP contribution >= 0.6 is 0 Å². The number of nitrogens with one attached hydrogen (secondary N) is 2. The highest BCUT2D eigenvalue weighted by atomic mass is 16.4. The summed E-state index contributed by atoms with van der Waals surface area (Å²) in [5, 5.41) is 14.4. The third-order valence-corrected chi connectivity index (χ3v) is 5.44.